The molecule has 0 spiro atoms. The Morgan fingerprint density at radius 1 is 1.00 bits per heavy atom. The summed E-state index contributed by atoms with van der Waals surface area (Å²) in [5.74, 6) is 0.952. The average Bonchev–Trinajstić information content (AvgIpc) is 2.74. The number of nitrogens with zero attached hydrogens (tertiary/aromatic N) is 1. The Morgan fingerprint density at radius 3 is 2.43 bits per heavy atom. The predicted octanol–water partition coefficient (Wildman–Crippen LogP) is 4.35. The number of rotatable bonds is 7. The average molecular weight is 374 g/mol. The summed E-state index contributed by atoms with van der Waals surface area (Å²) in [5, 5.41) is 4.00. The van der Waals surface area contributed by atoms with Crippen molar-refractivity contribution in [2.45, 2.75) is 13.5 Å². The molecule has 0 aromatic heterocycles. The highest BCUT2D eigenvalue weighted by molar-refractivity contribution is 5.97. The molecule has 0 radical (unpaired) electrons. The van der Waals surface area contributed by atoms with Gasteiger partial charge in [-0.25, -0.2) is 5.43 Å². The lowest BCUT2D eigenvalue weighted by molar-refractivity contribution is 0.0952. The fourth-order valence-electron chi connectivity index (χ4n) is 2.56. The molecule has 1 N–H and O–H groups in total. The van der Waals surface area contributed by atoms with E-state index in [1.165, 1.54) is 12.7 Å². The van der Waals surface area contributed by atoms with Gasteiger partial charge in [0.25, 0.3) is 5.91 Å². The quantitative estimate of drug-likeness (QED) is 0.494. The van der Waals surface area contributed by atoms with Crippen molar-refractivity contribution in [1.82, 2.24) is 5.43 Å². The van der Waals surface area contributed by atoms with Gasteiger partial charge in [0.2, 0.25) is 0 Å². The predicted molar refractivity (Wildman–Crippen MR) is 110 cm³/mol. The number of para-hydroxylation sites is 1. The second kappa shape index (κ2) is 9.37. The maximum absolute atomic E-state index is 12.2. The van der Waals surface area contributed by atoms with Crippen molar-refractivity contribution in [1.29, 1.82) is 0 Å². The number of aryl methyl sites for hydroxylation is 1. The molecule has 0 saturated carbocycles. The van der Waals surface area contributed by atoms with Crippen LogP contribution in [0.5, 0.6) is 11.5 Å². The van der Waals surface area contributed by atoms with Gasteiger partial charge in [0, 0.05) is 0 Å². The highest BCUT2D eigenvalue weighted by Gasteiger charge is 2.09. The maximum Gasteiger partial charge on any atom is 0.275 e. The minimum atomic E-state index is -0.327. The van der Waals surface area contributed by atoms with Crippen molar-refractivity contribution in [3.8, 4) is 11.5 Å². The SMILES string of the molecule is COc1ccccc1C(=O)N/N=C/c1ccc(OCc2ccc(C)cc2)cc1. The van der Waals surface area contributed by atoms with Crippen LogP contribution >= 0.6 is 0 Å². The summed E-state index contributed by atoms with van der Waals surface area (Å²) in [7, 11) is 1.53. The topological polar surface area (TPSA) is 59.9 Å². The number of carbonyl (C=O) groups is 1. The lowest BCUT2D eigenvalue weighted by atomic mass is 10.2. The van der Waals surface area contributed by atoms with Gasteiger partial charge < -0.3 is 9.47 Å². The van der Waals surface area contributed by atoms with E-state index >= 15 is 0 Å². The van der Waals surface area contributed by atoms with E-state index in [1.54, 1.807) is 30.5 Å². The number of hydrogen-bond donors (Lipinski definition) is 1. The Bertz CT molecular complexity index is 948. The number of nitrogens with one attached hydrogen (secondary N) is 1. The second-order valence-electron chi connectivity index (χ2n) is 6.24. The van der Waals surface area contributed by atoms with Crippen molar-refractivity contribution in [3.63, 3.8) is 0 Å². The Balaban J connectivity index is 1.53. The van der Waals surface area contributed by atoms with E-state index < -0.39 is 0 Å². The molecule has 0 aliphatic heterocycles. The molecule has 0 aliphatic rings. The van der Waals surface area contributed by atoms with Gasteiger partial charge >= 0.3 is 0 Å². The van der Waals surface area contributed by atoms with Crippen LogP contribution in [0.1, 0.15) is 27.0 Å². The zero-order valence-corrected chi connectivity index (χ0v) is 15.9. The van der Waals surface area contributed by atoms with E-state index in [0.29, 0.717) is 17.9 Å². The maximum atomic E-state index is 12.2. The first-order valence-corrected chi connectivity index (χ1v) is 8.90. The standard InChI is InChI=1S/C23H22N2O3/c1-17-7-9-19(10-8-17)16-28-20-13-11-18(12-14-20)15-24-25-23(26)21-5-3-4-6-22(21)27-2/h3-15H,16H2,1-2H3,(H,25,26)/b24-15+. The van der Waals surface area contributed by atoms with E-state index in [9.17, 15) is 4.79 Å². The lowest BCUT2D eigenvalue weighted by Crippen LogP contribution is -2.18. The first-order valence-electron chi connectivity index (χ1n) is 8.90. The molecule has 1 amide bonds. The number of hydrazone groups is 1. The van der Waals surface area contributed by atoms with Crippen LogP contribution in [0.4, 0.5) is 0 Å². The summed E-state index contributed by atoms with van der Waals surface area (Å²) in [6.45, 7) is 2.58. The van der Waals surface area contributed by atoms with Crippen molar-refractivity contribution in [2.75, 3.05) is 7.11 Å². The van der Waals surface area contributed by atoms with Gasteiger partial charge in [-0.05, 0) is 54.4 Å². The van der Waals surface area contributed by atoms with E-state index in [2.05, 4.69) is 41.7 Å². The molecule has 0 bridgehead atoms. The zero-order valence-electron chi connectivity index (χ0n) is 15.9. The van der Waals surface area contributed by atoms with Crippen molar-refractivity contribution >= 4 is 12.1 Å². The van der Waals surface area contributed by atoms with Crippen LogP contribution in [0.2, 0.25) is 0 Å². The molecule has 0 fully saturated rings. The Morgan fingerprint density at radius 2 is 1.71 bits per heavy atom. The summed E-state index contributed by atoms with van der Waals surface area (Å²) in [6.07, 6.45) is 1.58. The summed E-state index contributed by atoms with van der Waals surface area (Å²) in [6, 6.07) is 22.7. The number of methoxy groups -OCH3 is 1. The van der Waals surface area contributed by atoms with Gasteiger partial charge in [-0.3, -0.25) is 4.79 Å². The smallest absolute Gasteiger partial charge is 0.275 e. The Labute approximate surface area is 164 Å². The fraction of sp³-hybridized carbons (Fsp3) is 0.130. The van der Waals surface area contributed by atoms with Gasteiger partial charge in [-0.15, -0.1) is 0 Å². The number of amides is 1. The monoisotopic (exact) mass is 374 g/mol. The van der Waals surface area contributed by atoms with E-state index in [1.807, 2.05) is 24.3 Å². The third-order valence-corrected chi connectivity index (χ3v) is 4.14. The largest absolute Gasteiger partial charge is 0.496 e. The number of ether oxygens (including phenoxy) is 2. The highest BCUT2D eigenvalue weighted by atomic mass is 16.5. The van der Waals surface area contributed by atoms with Gasteiger partial charge in [0.15, 0.2) is 0 Å². The van der Waals surface area contributed by atoms with Crippen LogP contribution in [-0.2, 0) is 6.61 Å². The van der Waals surface area contributed by atoms with Crippen molar-refractivity contribution in [2.24, 2.45) is 5.10 Å². The number of benzene rings is 3. The van der Waals surface area contributed by atoms with Crippen LogP contribution in [0.15, 0.2) is 77.9 Å². The second-order valence-corrected chi connectivity index (χ2v) is 6.24. The van der Waals surface area contributed by atoms with Gasteiger partial charge in [-0.2, -0.15) is 5.10 Å². The molecule has 5 heteroatoms. The molecule has 3 aromatic rings. The normalized spacial score (nSPS) is 10.6. The number of carbonyl (C=O) groups excluding carboxylic acids is 1. The molecule has 0 heterocycles. The molecule has 3 aromatic carbocycles. The van der Waals surface area contributed by atoms with E-state index in [0.717, 1.165) is 16.9 Å². The van der Waals surface area contributed by atoms with E-state index in [-0.39, 0.29) is 5.91 Å². The first kappa shape index (κ1) is 19.2. The zero-order chi connectivity index (χ0) is 19.8. The van der Waals surface area contributed by atoms with Crippen LogP contribution in [-0.4, -0.2) is 19.2 Å². The number of hydrogen-bond acceptors (Lipinski definition) is 4. The van der Waals surface area contributed by atoms with Gasteiger partial charge in [0.1, 0.15) is 18.1 Å². The third kappa shape index (κ3) is 5.20. The first-order chi connectivity index (χ1) is 13.7. The molecule has 28 heavy (non-hydrogen) atoms. The molecule has 0 unspecified atom stereocenters. The summed E-state index contributed by atoms with van der Waals surface area (Å²) in [4.78, 5) is 12.2. The van der Waals surface area contributed by atoms with Gasteiger partial charge in [-0.1, -0.05) is 42.0 Å². The molecule has 0 atom stereocenters. The van der Waals surface area contributed by atoms with Crippen LogP contribution in [0, 0.1) is 6.92 Å². The van der Waals surface area contributed by atoms with E-state index in [4.69, 9.17) is 9.47 Å². The molecular formula is C23H22N2O3. The van der Waals surface area contributed by atoms with Crippen LogP contribution in [0.25, 0.3) is 0 Å². The lowest BCUT2D eigenvalue weighted by Gasteiger charge is -2.07. The molecule has 142 valence electrons. The van der Waals surface area contributed by atoms with Gasteiger partial charge in [0.05, 0.1) is 18.9 Å². The Kier molecular flexibility index (Phi) is 6.41. The van der Waals surface area contributed by atoms with Crippen LogP contribution < -0.4 is 14.9 Å². The van der Waals surface area contributed by atoms with Crippen molar-refractivity contribution in [3.05, 3.63) is 95.1 Å². The minimum absolute atomic E-state index is 0.327. The fourth-order valence-corrected chi connectivity index (χ4v) is 2.56. The van der Waals surface area contributed by atoms with Crippen molar-refractivity contribution < 1.29 is 14.3 Å². The highest BCUT2D eigenvalue weighted by Crippen LogP contribution is 2.17. The molecular weight excluding hydrogens is 352 g/mol. The minimum Gasteiger partial charge on any atom is -0.496 e. The molecule has 3 rings (SSSR count). The summed E-state index contributed by atoms with van der Waals surface area (Å²) < 4.78 is 11.0. The summed E-state index contributed by atoms with van der Waals surface area (Å²) in [5.41, 5.74) is 6.14. The summed E-state index contributed by atoms with van der Waals surface area (Å²) >= 11 is 0. The third-order valence-electron chi connectivity index (χ3n) is 4.14. The molecule has 0 aliphatic carbocycles. The molecule has 5 nitrogen and oxygen atoms in total. The Hall–Kier alpha value is -3.60. The van der Waals surface area contributed by atoms with Crippen LogP contribution in [0.3, 0.4) is 0 Å². The molecule has 0 saturated heterocycles.